The number of carbonyl (C=O) groups is 2. The fraction of sp³-hybridized carbons (Fsp3) is 0.200. The lowest BCUT2D eigenvalue weighted by Crippen LogP contribution is -2.27. The van der Waals surface area contributed by atoms with E-state index in [1.54, 1.807) is 12.1 Å². The molecule has 1 aliphatic heterocycles. The molecule has 0 spiro atoms. The normalized spacial score (nSPS) is 16.1. The molecule has 0 aliphatic carbocycles. The number of amides is 2. The molecule has 0 saturated carbocycles. The van der Waals surface area contributed by atoms with E-state index in [-0.39, 0.29) is 16.9 Å². The number of anilines is 1. The van der Waals surface area contributed by atoms with Crippen molar-refractivity contribution in [3.05, 3.63) is 29.8 Å². The predicted octanol–water partition coefficient (Wildman–Crippen LogP) is 1.46. The van der Waals surface area contributed by atoms with Crippen LogP contribution >= 0.6 is 11.8 Å². The minimum atomic E-state index is -0.178. The second-order valence-electron chi connectivity index (χ2n) is 3.28. The summed E-state index contributed by atoms with van der Waals surface area (Å²) in [5.41, 5.74) is 7.12. The van der Waals surface area contributed by atoms with Gasteiger partial charge in [-0.2, -0.15) is 0 Å². The van der Waals surface area contributed by atoms with Crippen molar-refractivity contribution in [2.45, 2.75) is 6.54 Å². The van der Waals surface area contributed by atoms with Gasteiger partial charge in [0.1, 0.15) is 0 Å². The molecule has 2 N–H and O–H groups in total. The van der Waals surface area contributed by atoms with E-state index < -0.39 is 0 Å². The van der Waals surface area contributed by atoms with E-state index in [9.17, 15) is 9.59 Å². The molecule has 0 unspecified atom stereocenters. The zero-order valence-corrected chi connectivity index (χ0v) is 8.79. The number of imide groups is 1. The first-order chi connectivity index (χ1) is 7.16. The molecule has 1 aromatic rings. The summed E-state index contributed by atoms with van der Waals surface area (Å²) in [6, 6.07) is 7.19. The third kappa shape index (κ3) is 2.12. The predicted molar refractivity (Wildman–Crippen MR) is 59.3 cm³/mol. The first-order valence-corrected chi connectivity index (χ1v) is 5.47. The van der Waals surface area contributed by atoms with Crippen LogP contribution in [0.2, 0.25) is 0 Å². The molecule has 78 valence electrons. The summed E-state index contributed by atoms with van der Waals surface area (Å²) < 4.78 is 0. The van der Waals surface area contributed by atoms with Crippen LogP contribution in [-0.4, -0.2) is 21.8 Å². The maximum atomic E-state index is 11.3. The number of carbonyl (C=O) groups excluding carboxylic acids is 2. The van der Waals surface area contributed by atoms with Crippen molar-refractivity contribution in [2.24, 2.45) is 0 Å². The van der Waals surface area contributed by atoms with Gasteiger partial charge in [0.2, 0.25) is 5.91 Å². The van der Waals surface area contributed by atoms with Gasteiger partial charge in [0, 0.05) is 5.69 Å². The van der Waals surface area contributed by atoms with Crippen LogP contribution in [0.1, 0.15) is 5.56 Å². The van der Waals surface area contributed by atoms with Crippen LogP contribution in [0.4, 0.5) is 10.5 Å². The molecule has 1 saturated heterocycles. The second kappa shape index (κ2) is 3.94. The van der Waals surface area contributed by atoms with Gasteiger partial charge < -0.3 is 5.73 Å². The largest absolute Gasteiger partial charge is 0.399 e. The Bertz CT molecular complexity index is 404. The van der Waals surface area contributed by atoms with Gasteiger partial charge in [-0.25, -0.2) is 0 Å². The average Bonchev–Trinajstić information content (AvgIpc) is 2.50. The summed E-state index contributed by atoms with van der Waals surface area (Å²) >= 11 is 1.04. The molecular weight excluding hydrogens is 212 g/mol. The highest BCUT2D eigenvalue weighted by Crippen LogP contribution is 2.21. The molecule has 2 rings (SSSR count). The first-order valence-electron chi connectivity index (χ1n) is 4.48. The highest BCUT2D eigenvalue weighted by Gasteiger charge is 2.29. The van der Waals surface area contributed by atoms with Crippen LogP contribution in [0.5, 0.6) is 0 Å². The zero-order chi connectivity index (χ0) is 10.8. The van der Waals surface area contributed by atoms with Gasteiger partial charge in [-0.1, -0.05) is 23.9 Å². The number of nitrogens with zero attached hydrogens (tertiary/aromatic N) is 1. The summed E-state index contributed by atoms with van der Waals surface area (Å²) in [5, 5.41) is -0.178. The van der Waals surface area contributed by atoms with Crippen molar-refractivity contribution in [3.8, 4) is 0 Å². The van der Waals surface area contributed by atoms with E-state index in [0.29, 0.717) is 12.2 Å². The zero-order valence-electron chi connectivity index (χ0n) is 7.97. The number of benzene rings is 1. The summed E-state index contributed by atoms with van der Waals surface area (Å²) in [7, 11) is 0. The van der Waals surface area contributed by atoms with Crippen LogP contribution in [0.3, 0.4) is 0 Å². The Balaban J connectivity index is 2.15. The molecule has 1 aromatic carbocycles. The second-order valence-corrected chi connectivity index (χ2v) is 4.21. The van der Waals surface area contributed by atoms with Crippen molar-refractivity contribution in [2.75, 3.05) is 11.5 Å². The van der Waals surface area contributed by atoms with Gasteiger partial charge in [-0.05, 0) is 17.7 Å². The topological polar surface area (TPSA) is 63.4 Å². The van der Waals surface area contributed by atoms with Gasteiger partial charge >= 0.3 is 0 Å². The van der Waals surface area contributed by atoms with Crippen molar-refractivity contribution in [3.63, 3.8) is 0 Å². The van der Waals surface area contributed by atoms with Crippen LogP contribution in [0.25, 0.3) is 0 Å². The average molecular weight is 222 g/mol. The van der Waals surface area contributed by atoms with E-state index in [1.165, 1.54) is 4.90 Å². The maximum absolute atomic E-state index is 11.3. The Morgan fingerprint density at radius 1 is 1.40 bits per heavy atom. The van der Waals surface area contributed by atoms with Crippen molar-refractivity contribution in [1.29, 1.82) is 0 Å². The fourth-order valence-electron chi connectivity index (χ4n) is 1.41. The van der Waals surface area contributed by atoms with E-state index in [2.05, 4.69) is 0 Å². The molecule has 2 amide bonds. The van der Waals surface area contributed by atoms with Crippen molar-refractivity contribution in [1.82, 2.24) is 4.90 Å². The summed E-state index contributed by atoms with van der Waals surface area (Å²) in [6.07, 6.45) is 0. The van der Waals surface area contributed by atoms with Crippen molar-refractivity contribution < 1.29 is 9.59 Å². The van der Waals surface area contributed by atoms with Gasteiger partial charge in [-0.3, -0.25) is 14.5 Å². The Labute approximate surface area is 91.4 Å². The van der Waals surface area contributed by atoms with E-state index >= 15 is 0 Å². The molecule has 1 aliphatic rings. The van der Waals surface area contributed by atoms with E-state index in [1.807, 2.05) is 12.1 Å². The summed E-state index contributed by atoms with van der Waals surface area (Å²) in [5.74, 6) is 0.119. The Morgan fingerprint density at radius 2 is 2.20 bits per heavy atom. The monoisotopic (exact) mass is 222 g/mol. The Hall–Kier alpha value is -1.49. The number of rotatable bonds is 2. The van der Waals surface area contributed by atoms with Gasteiger partial charge in [-0.15, -0.1) is 0 Å². The third-order valence-corrected chi connectivity index (χ3v) is 2.99. The third-order valence-electron chi connectivity index (χ3n) is 2.13. The highest BCUT2D eigenvalue weighted by atomic mass is 32.2. The van der Waals surface area contributed by atoms with Crippen LogP contribution < -0.4 is 5.73 Å². The molecule has 4 nitrogen and oxygen atoms in total. The number of nitrogens with two attached hydrogens (primary N) is 1. The number of hydrogen-bond acceptors (Lipinski definition) is 4. The fourth-order valence-corrected chi connectivity index (χ4v) is 2.13. The first kappa shape index (κ1) is 10.0. The van der Waals surface area contributed by atoms with Crippen LogP contribution in [0.15, 0.2) is 24.3 Å². The van der Waals surface area contributed by atoms with Gasteiger partial charge in [0.25, 0.3) is 5.24 Å². The highest BCUT2D eigenvalue weighted by molar-refractivity contribution is 8.14. The van der Waals surface area contributed by atoms with E-state index in [0.717, 1.165) is 17.3 Å². The van der Waals surface area contributed by atoms with Crippen LogP contribution in [-0.2, 0) is 11.3 Å². The van der Waals surface area contributed by atoms with Gasteiger partial charge in [0.05, 0.1) is 12.3 Å². The molecule has 1 fully saturated rings. The minimum absolute atomic E-state index is 0.132. The molecule has 1 heterocycles. The smallest absolute Gasteiger partial charge is 0.289 e. The molecule has 0 bridgehead atoms. The molecule has 5 heteroatoms. The van der Waals surface area contributed by atoms with Gasteiger partial charge in [0.15, 0.2) is 0 Å². The lowest BCUT2D eigenvalue weighted by molar-refractivity contribution is -0.125. The lowest BCUT2D eigenvalue weighted by Gasteiger charge is -2.12. The molecule has 0 atom stereocenters. The standard InChI is InChI=1S/C10H10N2O2S/c11-8-3-1-2-7(4-8)5-12-9(13)6-15-10(12)14/h1-4H,5-6,11H2. The SMILES string of the molecule is Nc1cccc(CN2C(=O)CSC2=O)c1. The minimum Gasteiger partial charge on any atom is -0.399 e. The summed E-state index contributed by atoms with van der Waals surface area (Å²) in [6.45, 7) is 0.315. The summed E-state index contributed by atoms with van der Waals surface area (Å²) in [4.78, 5) is 23.9. The lowest BCUT2D eigenvalue weighted by atomic mass is 10.2. The molecule has 0 radical (unpaired) electrons. The number of hydrogen-bond donors (Lipinski definition) is 1. The quantitative estimate of drug-likeness (QED) is 0.769. The molecular formula is C10H10N2O2S. The maximum Gasteiger partial charge on any atom is 0.289 e. The number of thioether (sulfide) groups is 1. The van der Waals surface area contributed by atoms with E-state index in [4.69, 9.17) is 5.73 Å². The Kier molecular flexibility index (Phi) is 2.64. The molecule has 15 heavy (non-hydrogen) atoms. The number of nitrogen functional groups attached to an aromatic ring is 1. The Morgan fingerprint density at radius 3 is 2.80 bits per heavy atom. The molecule has 0 aromatic heterocycles. The van der Waals surface area contributed by atoms with Crippen LogP contribution in [0, 0.1) is 0 Å². The van der Waals surface area contributed by atoms with Crippen molar-refractivity contribution >= 4 is 28.6 Å².